The molecule has 0 saturated heterocycles. The third-order valence-electron chi connectivity index (χ3n) is 2.39. The summed E-state index contributed by atoms with van der Waals surface area (Å²) in [5, 5.41) is 0. The van der Waals surface area contributed by atoms with Crippen LogP contribution in [-0.2, 0) is 0 Å². The highest BCUT2D eigenvalue weighted by molar-refractivity contribution is 5.30. The average molecular weight is 220 g/mol. The molecule has 1 heterocycles. The summed E-state index contributed by atoms with van der Waals surface area (Å²) in [6.45, 7) is 1.84. The van der Waals surface area contributed by atoms with Crippen LogP contribution in [0.4, 0.5) is 4.39 Å². The fraction of sp³-hybridized carbons (Fsp3) is 0.167. The number of furan rings is 1. The van der Waals surface area contributed by atoms with E-state index >= 15 is 0 Å². The summed E-state index contributed by atoms with van der Waals surface area (Å²) < 4.78 is 18.5. The van der Waals surface area contributed by atoms with Crippen LogP contribution in [0.2, 0.25) is 0 Å². The van der Waals surface area contributed by atoms with Crippen LogP contribution in [0.5, 0.6) is 0 Å². The molecule has 1 atom stereocenters. The Hall–Kier alpha value is -1.65. The van der Waals surface area contributed by atoms with E-state index in [1.165, 1.54) is 12.1 Å². The summed E-state index contributed by atoms with van der Waals surface area (Å²) in [5.41, 5.74) is 4.21. The number of hydrazine groups is 1. The Bertz CT molecular complexity index is 448. The zero-order valence-electron chi connectivity index (χ0n) is 8.91. The van der Waals surface area contributed by atoms with Gasteiger partial charge in [0.25, 0.3) is 0 Å². The van der Waals surface area contributed by atoms with Gasteiger partial charge in [0.15, 0.2) is 0 Å². The fourth-order valence-corrected chi connectivity index (χ4v) is 1.73. The van der Waals surface area contributed by atoms with Gasteiger partial charge in [-0.2, -0.15) is 0 Å². The van der Waals surface area contributed by atoms with Crippen LogP contribution in [0, 0.1) is 12.7 Å². The second-order valence-electron chi connectivity index (χ2n) is 3.68. The minimum Gasteiger partial charge on any atom is -0.467 e. The van der Waals surface area contributed by atoms with E-state index in [1.54, 1.807) is 18.4 Å². The van der Waals surface area contributed by atoms with E-state index in [1.807, 2.05) is 13.0 Å². The molecule has 2 aromatic rings. The first kappa shape index (κ1) is 10.9. The molecule has 84 valence electrons. The first-order chi connectivity index (χ1) is 7.70. The van der Waals surface area contributed by atoms with E-state index in [-0.39, 0.29) is 11.9 Å². The van der Waals surface area contributed by atoms with Gasteiger partial charge in [0.2, 0.25) is 0 Å². The molecular weight excluding hydrogens is 207 g/mol. The lowest BCUT2D eigenvalue weighted by Gasteiger charge is -2.14. The zero-order valence-corrected chi connectivity index (χ0v) is 8.91. The van der Waals surface area contributed by atoms with E-state index in [0.717, 1.165) is 11.1 Å². The Morgan fingerprint density at radius 2 is 2.19 bits per heavy atom. The second kappa shape index (κ2) is 4.47. The standard InChI is InChI=1S/C12H13FN2O/c1-8-5-9(7-10(13)6-8)12(15-14)11-3-2-4-16-11/h2-7,12,15H,14H2,1H3. The summed E-state index contributed by atoms with van der Waals surface area (Å²) in [7, 11) is 0. The normalized spacial score (nSPS) is 12.7. The number of hydrogen-bond acceptors (Lipinski definition) is 3. The molecule has 2 rings (SSSR count). The molecule has 3 N–H and O–H groups in total. The molecule has 0 aliphatic rings. The lowest BCUT2D eigenvalue weighted by atomic mass is 10.0. The highest BCUT2D eigenvalue weighted by Crippen LogP contribution is 2.23. The number of rotatable bonds is 3. The van der Waals surface area contributed by atoms with Crippen molar-refractivity contribution in [3.05, 3.63) is 59.3 Å². The number of halogens is 1. The molecule has 0 bridgehead atoms. The second-order valence-corrected chi connectivity index (χ2v) is 3.68. The third kappa shape index (κ3) is 2.13. The van der Waals surface area contributed by atoms with Gasteiger partial charge in [-0.1, -0.05) is 6.07 Å². The molecule has 4 heteroatoms. The Morgan fingerprint density at radius 3 is 2.75 bits per heavy atom. The lowest BCUT2D eigenvalue weighted by Crippen LogP contribution is -2.28. The predicted octanol–water partition coefficient (Wildman–Crippen LogP) is 2.28. The molecule has 0 spiro atoms. The van der Waals surface area contributed by atoms with Gasteiger partial charge in [0.1, 0.15) is 17.6 Å². The number of hydrogen-bond donors (Lipinski definition) is 2. The molecule has 0 saturated carbocycles. The van der Waals surface area contributed by atoms with Crippen LogP contribution in [0.25, 0.3) is 0 Å². The molecule has 1 aromatic heterocycles. The van der Waals surface area contributed by atoms with Gasteiger partial charge >= 0.3 is 0 Å². The largest absolute Gasteiger partial charge is 0.467 e. The van der Waals surface area contributed by atoms with Crippen LogP contribution in [0.3, 0.4) is 0 Å². The average Bonchev–Trinajstić information content (AvgIpc) is 2.70. The molecule has 0 aliphatic heterocycles. The Balaban J connectivity index is 2.41. The van der Waals surface area contributed by atoms with E-state index < -0.39 is 0 Å². The van der Waals surface area contributed by atoms with Gasteiger partial charge in [-0.25, -0.2) is 9.82 Å². The lowest BCUT2D eigenvalue weighted by molar-refractivity contribution is 0.451. The van der Waals surface area contributed by atoms with Gasteiger partial charge in [-0.05, 0) is 42.3 Å². The van der Waals surface area contributed by atoms with Gasteiger partial charge in [0, 0.05) is 0 Å². The molecule has 0 fully saturated rings. The molecule has 1 unspecified atom stereocenters. The van der Waals surface area contributed by atoms with E-state index in [0.29, 0.717) is 5.76 Å². The number of nitrogens with one attached hydrogen (secondary N) is 1. The Morgan fingerprint density at radius 1 is 1.38 bits per heavy atom. The highest BCUT2D eigenvalue weighted by Gasteiger charge is 2.15. The maximum absolute atomic E-state index is 13.3. The van der Waals surface area contributed by atoms with Crippen molar-refractivity contribution in [3.63, 3.8) is 0 Å². The van der Waals surface area contributed by atoms with Crippen molar-refractivity contribution in [1.82, 2.24) is 5.43 Å². The van der Waals surface area contributed by atoms with Crippen molar-refractivity contribution in [3.8, 4) is 0 Å². The Labute approximate surface area is 93.0 Å². The van der Waals surface area contributed by atoms with Crippen LogP contribution in [-0.4, -0.2) is 0 Å². The van der Waals surface area contributed by atoms with Crippen LogP contribution < -0.4 is 11.3 Å². The predicted molar refractivity (Wildman–Crippen MR) is 59.0 cm³/mol. The summed E-state index contributed by atoms with van der Waals surface area (Å²) in [6, 6.07) is 8.02. The minimum absolute atomic E-state index is 0.276. The van der Waals surface area contributed by atoms with Crippen molar-refractivity contribution in [2.24, 2.45) is 5.84 Å². The summed E-state index contributed by atoms with van der Waals surface area (Å²) >= 11 is 0. The smallest absolute Gasteiger partial charge is 0.126 e. The first-order valence-electron chi connectivity index (χ1n) is 4.97. The summed E-state index contributed by atoms with van der Waals surface area (Å²) in [5.74, 6) is 5.85. The van der Waals surface area contributed by atoms with Gasteiger partial charge < -0.3 is 4.42 Å². The van der Waals surface area contributed by atoms with E-state index in [4.69, 9.17) is 10.3 Å². The SMILES string of the molecule is Cc1cc(F)cc(C(NN)c2ccco2)c1. The number of nitrogens with two attached hydrogens (primary N) is 1. The number of aryl methyl sites for hydroxylation is 1. The Kier molecular flexibility index (Phi) is 3.03. The molecule has 1 aromatic carbocycles. The molecule has 0 radical (unpaired) electrons. The summed E-state index contributed by atoms with van der Waals surface area (Å²) in [4.78, 5) is 0. The molecule has 0 aliphatic carbocycles. The van der Waals surface area contributed by atoms with Crippen molar-refractivity contribution >= 4 is 0 Å². The highest BCUT2D eigenvalue weighted by atomic mass is 19.1. The topological polar surface area (TPSA) is 51.2 Å². The zero-order chi connectivity index (χ0) is 11.5. The van der Waals surface area contributed by atoms with Crippen molar-refractivity contribution in [2.45, 2.75) is 13.0 Å². The third-order valence-corrected chi connectivity index (χ3v) is 2.39. The maximum Gasteiger partial charge on any atom is 0.126 e. The first-order valence-corrected chi connectivity index (χ1v) is 4.97. The minimum atomic E-state index is -0.329. The van der Waals surface area contributed by atoms with Crippen molar-refractivity contribution < 1.29 is 8.81 Å². The fourth-order valence-electron chi connectivity index (χ4n) is 1.73. The quantitative estimate of drug-likeness (QED) is 0.616. The molecule has 16 heavy (non-hydrogen) atoms. The van der Waals surface area contributed by atoms with Crippen LogP contribution >= 0.6 is 0 Å². The van der Waals surface area contributed by atoms with E-state index in [2.05, 4.69) is 5.43 Å². The summed E-state index contributed by atoms with van der Waals surface area (Å²) in [6.07, 6.45) is 1.56. The van der Waals surface area contributed by atoms with Crippen molar-refractivity contribution in [2.75, 3.05) is 0 Å². The van der Waals surface area contributed by atoms with Crippen molar-refractivity contribution in [1.29, 1.82) is 0 Å². The van der Waals surface area contributed by atoms with Crippen LogP contribution in [0.1, 0.15) is 22.9 Å². The molecule has 0 amide bonds. The number of benzene rings is 1. The van der Waals surface area contributed by atoms with Gasteiger partial charge in [-0.3, -0.25) is 5.84 Å². The van der Waals surface area contributed by atoms with Gasteiger partial charge in [0.05, 0.1) is 6.26 Å². The van der Waals surface area contributed by atoms with Crippen LogP contribution in [0.15, 0.2) is 41.0 Å². The molecule has 3 nitrogen and oxygen atoms in total. The van der Waals surface area contributed by atoms with E-state index in [9.17, 15) is 4.39 Å². The van der Waals surface area contributed by atoms with Gasteiger partial charge in [-0.15, -0.1) is 0 Å². The monoisotopic (exact) mass is 220 g/mol. The maximum atomic E-state index is 13.3. The molecular formula is C12H13FN2O.